The van der Waals surface area contributed by atoms with Crippen LogP contribution >= 0.6 is 0 Å². The van der Waals surface area contributed by atoms with Gasteiger partial charge in [0.15, 0.2) is 0 Å². The van der Waals surface area contributed by atoms with E-state index in [-0.39, 0.29) is 11.5 Å². The quantitative estimate of drug-likeness (QED) is 0.589. The summed E-state index contributed by atoms with van der Waals surface area (Å²) in [6, 6.07) is 23.3. The van der Waals surface area contributed by atoms with Gasteiger partial charge >= 0.3 is 5.97 Å². The molecule has 0 amide bonds. The van der Waals surface area contributed by atoms with Crippen molar-refractivity contribution in [1.82, 2.24) is 4.31 Å². The smallest absolute Gasteiger partial charge is 0.348 e. The molecule has 0 fully saturated rings. The predicted molar refractivity (Wildman–Crippen MR) is 113 cm³/mol. The van der Waals surface area contributed by atoms with Gasteiger partial charge in [0, 0.05) is 14.1 Å². The Bertz CT molecular complexity index is 1070. The highest BCUT2D eigenvalue weighted by Crippen LogP contribution is 2.31. The summed E-state index contributed by atoms with van der Waals surface area (Å²) in [5.41, 5.74) is -0.736. The molecule has 3 aromatic rings. The maximum absolute atomic E-state index is 13.0. The van der Waals surface area contributed by atoms with E-state index in [9.17, 15) is 18.3 Å². The zero-order valence-electron chi connectivity index (χ0n) is 16.7. The summed E-state index contributed by atoms with van der Waals surface area (Å²) in [6.45, 7) is -0.183. The molecule has 0 aliphatic carbocycles. The minimum absolute atomic E-state index is 0.0995. The molecule has 3 aromatic carbocycles. The molecule has 156 valence electrons. The molecule has 0 heterocycles. The second kappa shape index (κ2) is 8.79. The molecule has 0 aliphatic rings. The number of hydrogen-bond acceptors (Lipinski definition) is 5. The molecule has 0 radical (unpaired) electrons. The number of sulfonamides is 1. The van der Waals surface area contributed by atoms with E-state index in [1.807, 2.05) is 0 Å². The average Bonchev–Trinajstić information content (AvgIpc) is 2.78. The van der Waals surface area contributed by atoms with Crippen LogP contribution in [-0.4, -0.2) is 37.9 Å². The SMILES string of the molecule is CN(C)S(=O)(=O)c1cccc(COC(=O)C(O)(c2ccccc2)c2ccccc2)c1. The fourth-order valence-electron chi connectivity index (χ4n) is 3.02. The van der Waals surface area contributed by atoms with Gasteiger partial charge in [0.2, 0.25) is 15.6 Å². The van der Waals surface area contributed by atoms with Crippen LogP contribution < -0.4 is 0 Å². The van der Waals surface area contributed by atoms with Gasteiger partial charge in [-0.3, -0.25) is 0 Å². The van der Waals surface area contributed by atoms with Crippen LogP contribution in [-0.2, 0) is 31.8 Å². The van der Waals surface area contributed by atoms with Gasteiger partial charge in [-0.25, -0.2) is 17.5 Å². The Morgan fingerprint density at radius 2 is 1.43 bits per heavy atom. The number of nitrogens with zero attached hydrogens (tertiary/aromatic N) is 1. The van der Waals surface area contributed by atoms with Crippen molar-refractivity contribution in [3.63, 3.8) is 0 Å². The Hall–Kier alpha value is -3.00. The fraction of sp³-hybridized carbons (Fsp3) is 0.174. The van der Waals surface area contributed by atoms with Crippen molar-refractivity contribution in [3.05, 3.63) is 102 Å². The van der Waals surface area contributed by atoms with Gasteiger partial charge in [0.05, 0.1) is 4.90 Å². The molecule has 0 aliphatic heterocycles. The maximum Gasteiger partial charge on any atom is 0.348 e. The molecule has 0 saturated heterocycles. The third-order valence-corrected chi connectivity index (χ3v) is 6.54. The summed E-state index contributed by atoms with van der Waals surface area (Å²) in [6.07, 6.45) is 0. The van der Waals surface area contributed by atoms with Crippen molar-refractivity contribution in [1.29, 1.82) is 0 Å². The van der Waals surface area contributed by atoms with Gasteiger partial charge < -0.3 is 9.84 Å². The molecule has 0 unspecified atom stereocenters. The first-order valence-corrected chi connectivity index (χ1v) is 10.7. The van der Waals surface area contributed by atoms with Crippen LogP contribution in [0.2, 0.25) is 0 Å². The Balaban J connectivity index is 1.88. The minimum atomic E-state index is -3.61. The molecule has 0 bridgehead atoms. The third-order valence-electron chi connectivity index (χ3n) is 4.73. The number of aliphatic hydroxyl groups is 1. The van der Waals surface area contributed by atoms with Gasteiger partial charge in [-0.15, -0.1) is 0 Å². The van der Waals surface area contributed by atoms with Crippen molar-refractivity contribution in [2.45, 2.75) is 17.1 Å². The summed E-state index contributed by atoms with van der Waals surface area (Å²) in [7, 11) is -0.716. The Morgan fingerprint density at radius 3 is 1.93 bits per heavy atom. The van der Waals surface area contributed by atoms with Gasteiger partial charge in [0.1, 0.15) is 6.61 Å². The highest BCUT2D eigenvalue weighted by atomic mass is 32.2. The lowest BCUT2D eigenvalue weighted by molar-refractivity contribution is -0.163. The number of esters is 1. The molecule has 6 nitrogen and oxygen atoms in total. The zero-order valence-corrected chi connectivity index (χ0v) is 17.5. The van der Waals surface area contributed by atoms with E-state index >= 15 is 0 Å². The number of benzene rings is 3. The van der Waals surface area contributed by atoms with Crippen LogP contribution in [0.3, 0.4) is 0 Å². The topological polar surface area (TPSA) is 83.9 Å². The van der Waals surface area contributed by atoms with Gasteiger partial charge in [0.25, 0.3) is 0 Å². The van der Waals surface area contributed by atoms with Crippen LogP contribution in [0, 0.1) is 0 Å². The molecule has 0 aromatic heterocycles. The lowest BCUT2D eigenvalue weighted by atomic mass is 9.86. The maximum atomic E-state index is 13.0. The number of rotatable bonds is 7. The van der Waals surface area contributed by atoms with Crippen molar-refractivity contribution < 1.29 is 23.1 Å². The first kappa shape index (κ1) is 21.7. The van der Waals surface area contributed by atoms with Crippen molar-refractivity contribution in [2.24, 2.45) is 0 Å². The third kappa shape index (κ3) is 4.28. The largest absolute Gasteiger partial charge is 0.458 e. The van der Waals surface area contributed by atoms with E-state index in [1.165, 1.54) is 26.2 Å². The fourth-order valence-corrected chi connectivity index (χ4v) is 3.99. The van der Waals surface area contributed by atoms with Crippen LogP contribution in [0.5, 0.6) is 0 Å². The standard InChI is InChI=1S/C23H23NO5S/c1-24(2)30(27,28)21-15-9-10-18(16-21)17-29-22(25)23(26,19-11-5-3-6-12-19)20-13-7-4-8-14-20/h3-16,26H,17H2,1-2H3. The van der Waals surface area contributed by atoms with Crippen molar-refractivity contribution in [3.8, 4) is 0 Å². The summed E-state index contributed by atoms with van der Waals surface area (Å²) in [4.78, 5) is 13.1. The molecule has 0 atom stereocenters. The van der Waals surface area contributed by atoms with E-state index in [1.54, 1.807) is 72.8 Å². The highest BCUT2D eigenvalue weighted by Gasteiger charge is 2.41. The Morgan fingerprint density at radius 1 is 0.900 bits per heavy atom. The lowest BCUT2D eigenvalue weighted by Gasteiger charge is -2.27. The van der Waals surface area contributed by atoms with Crippen LogP contribution in [0.4, 0.5) is 0 Å². The zero-order chi connectivity index (χ0) is 21.8. The summed E-state index contributed by atoms with van der Waals surface area (Å²) < 4.78 is 31.2. The van der Waals surface area contributed by atoms with Crippen molar-refractivity contribution >= 4 is 16.0 Å². The number of hydrogen-bond donors (Lipinski definition) is 1. The van der Waals surface area contributed by atoms with Gasteiger partial charge in [-0.2, -0.15) is 0 Å². The van der Waals surface area contributed by atoms with E-state index < -0.39 is 21.6 Å². The number of carbonyl (C=O) groups excluding carboxylic acids is 1. The monoisotopic (exact) mass is 425 g/mol. The summed E-state index contributed by atoms with van der Waals surface area (Å²) in [5, 5.41) is 11.4. The molecular formula is C23H23NO5S. The second-order valence-electron chi connectivity index (χ2n) is 6.95. The first-order valence-electron chi connectivity index (χ1n) is 9.28. The van der Waals surface area contributed by atoms with E-state index in [0.717, 1.165) is 4.31 Å². The van der Waals surface area contributed by atoms with E-state index in [4.69, 9.17) is 4.74 Å². The number of carbonyl (C=O) groups is 1. The van der Waals surface area contributed by atoms with E-state index in [2.05, 4.69) is 0 Å². The molecule has 3 rings (SSSR count). The predicted octanol–water partition coefficient (Wildman–Crippen LogP) is 2.92. The Labute approximate surface area is 176 Å². The van der Waals surface area contributed by atoms with Gasteiger partial charge in [-0.05, 0) is 28.8 Å². The molecule has 0 saturated carbocycles. The van der Waals surface area contributed by atoms with Crippen molar-refractivity contribution in [2.75, 3.05) is 14.1 Å². The normalized spacial score (nSPS) is 12.0. The highest BCUT2D eigenvalue weighted by molar-refractivity contribution is 7.89. The van der Waals surface area contributed by atoms with Crippen LogP contribution in [0.15, 0.2) is 89.8 Å². The van der Waals surface area contributed by atoms with E-state index in [0.29, 0.717) is 16.7 Å². The molecule has 0 spiro atoms. The lowest BCUT2D eigenvalue weighted by Crippen LogP contribution is -2.38. The molecule has 7 heteroatoms. The summed E-state index contributed by atoms with van der Waals surface area (Å²) >= 11 is 0. The first-order chi connectivity index (χ1) is 14.3. The van der Waals surface area contributed by atoms with Gasteiger partial charge in [-0.1, -0.05) is 72.8 Å². The number of ether oxygens (including phenoxy) is 1. The minimum Gasteiger partial charge on any atom is -0.458 e. The molecular weight excluding hydrogens is 402 g/mol. The van der Waals surface area contributed by atoms with Crippen LogP contribution in [0.25, 0.3) is 0 Å². The summed E-state index contributed by atoms with van der Waals surface area (Å²) in [5.74, 6) is -0.847. The average molecular weight is 426 g/mol. The Kier molecular flexibility index (Phi) is 6.36. The second-order valence-corrected chi connectivity index (χ2v) is 9.11. The molecule has 30 heavy (non-hydrogen) atoms. The van der Waals surface area contributed by atoms with Crippen LogP contribution in [0.1, 0.15) is 16.7 Å². The molecule has 1 N–H and O–H groups in total.